The molecular weight excluding hydrogens is 2320 g/mol. The summed E-state index contributed by atoms with van der Waals surface area (Å²) < 4.78 is 59.1. The normalized spacial score (nSPS) is 13.8. The van der Waals surface area contributed by atoms with E-state index in [-0.39, 0.29) is 22.4 Å². The minimum atomic E-state index is -0.0659. The summed E-state index contributed by atoms with van der Waals surface area (Å²) in [5.74, 6) is 48.1. The maximum Gasteiger partial charge on any atom is 0.0700 e. The Labute approximate surface area is 1010 Å². The molecule has 0 rings (SSSR count). The molecule has 0 heterocycles. The van der Waals surface area contributed by atoms with Crippen LogP contribution in [-0.2, 0) is 47.4 Å². The third-order valence-corrected chi connectivity index (χ3v) is 48.5. The van der Waals surface area contributed by atoms with Crippen molar-refractivity contribution >= 4 is 363 Å². The largest absolute Gasteiger partial charge is 0.378 e. The van der Waals surface area contributed by atoms with Gasteiger partial charge in [-0.25, -0.2) is 0 Å². The van der Waals surface area contributed by atoms with Crippen molar-refractivity contribution < 1.29 is 47.4 Å². The van der Waals surface area contributed by atoms with Crippen LogP contribution in [-0.4, -0.2) is 401 Å². The summed E-state index contributed by atoms with van der Waals surface area (Å²) in [5, 5.41) is 3.16. The van der Waals surface area contributed by atoms with Crippen molar-refractivity contribution in [2.75, 3.05) is 347 Å². The van der Waals surface area contributed by atoms with Crippen LogP contribution in [0.4, 0.5) is 0 Å². The summed E-state index contributed by atoms with van der Waals surface area (Å²) in [5.41, 5.74) is 0.121. The van der Waals surface area contributed by atoms with Gasteiger partial charge in [0.2, 0.25) is 0 Å². The molecule has 0 fully saturated rings. The standard InChI is InChI=1S/C30H62OS12.C29H60O7S6.C23H48OS6.C18H38OS6/c1-2-31-30(6-3-12-35-18-24-41-27-21-38-15-9-32,7-4-13-36-19-25-42-28-22-39-16-10-33)8-5-14-37-20-26-43-29-23-40-17-11-34;1-29(5-2-23-40-26-17-33-11-8-30-14-20-37,6-3-24-41-27-18-34-12-9-31-15-21-38)36-7-4-25-42-28-19-35-13-10-32-16-22-39;1-17(25)20(4)28-14-8-11-23(7,12-9-15-29-21(5)18(2)26)24-13-10-16-30-22(6)19(3)27;1-2-19-18(6-3-12-23-15-9-20,7-4-13-24-16-10-21)8-5-14-25-17-11-22/h32-34H,2-29H2,1H3;37-39H,2-28H2,1H3;17-22,25-27H,8-16H2,1-7H3;20-22H,2-17H2,1H3. The van der Waals surface area contributed by atoms with Crippen molar-refractivity contribution in [3.63, 3.8) is 0 Å². The second-order valence-electron chi connectivity index (χ2n) is 33.9. The molecule has 0 aromatic rings. The summed E-state index contributed by atoms with van der Waals surface area (Å²) in [4.78, 5) is 0. The topological polar surface area (TPSA) is 92.3 Å². The number of thiol groups is 12. The van der Waals surface area contributed by atoms with Gasteiger partial charge in [-0.15, -0.1) is 0 Å². The van der Waals surface area contributed by atoms with Crippen molar-refractivity contribution in [2.24, 2.45) is 0 Å². The SMILES string of the molecule is CC(CCCSCCOCCOCCS)(CCCSCCOCCOCCS)OCCCSCCOCCOCCS.CC(S)C(C)SCCCOC(C)(CCCSC(C)C(C)S)CCCSC(C)C(C)S.CCOC(CCCSCCS)(CCCSCCS)CCCSCCS.CCOC(CCCSCCSCCSCCS)(CCCSCCSCCSCCS)CCCSCCSCCSCCS. The van der Waals surface area contributed by atoms with E-state index in [0.29, 0.717) is 91.0 Å². The maximum absolute atomic E-state index is 6.64. The van der Waals surface area contributed by atoms with Gasteiger partial charge in [0.15, 0.2) is 0 Å². The highest BCUT2D eigenvalue weighted by Gasteiger charge is 2.32. The monoisotopic (exact) mass is 2530 g/mol. The van der Waals surface area contributed by atoms with Crippen molar-refractivity contribution in [1.82, 2.24) is 0 Å². The van der Waals surface area contributed by atoms with Crippen molar-refractivity contribution in [1.29, 1.82) is 0 Å². The van der Waals surface area contributed by atoms with Crippen LogP contribution in [0.5, 0.6) is 0 Å². The van der Waals surface area contributed by atoms with E-state index in [4.69, 9.17) is 47.4 Å². The molecule has 6 atom stereocenters. The predicted molar refractivity (Wildman–Crippen MR) is 730 cm³/mol. The first-order valence-electron chi connectivity index (χ1n) is 52.2. The highest BCUT2D eigenvalue weighted by atomic mass is 32.2. The maximum atomic E-state index is 6.64. The number of rotatable bonds is 114. The van der Waals surface area contributed by atoms with E-state index in [0.717, 1.165) is 207 Å². The third-order valence-electron chi connectivity index (χ3n) is 21.5. The van der Waals surface area contributed by atoms with Gasteiger partial charge >= 0.3 is 0 Å². The van der Waals surface area contributed by atoms with E-state index in [9.17, 15) is 0 Å². The first kappa shape index (κ1) is 156. The molecule has 6 unspecified atom stereocenters. The van der Waals surface area contributed by atoms with Gasteiger partial charge in [-0.1, -0.05) is 41.5 Å². The van der Waals surface area contributed by atoms with Gasteiger partial charge in [-0.3, -0.25) is 0 Å². The minimum Gasteiger partial charge on any atom is -0.378 e. The lowest BCUT2D eigenvalue weighted by Crippen LogP contribution is -2.33. The van der Waals surface area contributed by atoms with Crippen LogP contribution in [0.2, 0.25) is 0 Å². The lowest BCUT2D eigenvalue weighted by atomic mass is 9.88. The Hall–Kier alpha value is 10.1. The molecule has 0 aliphatic carbocycles. The average molecular weight is 2530 g/mol. The Morgan fingerprint density at radius 1 is 0.186 bits per heavy atom. The van der Waals surface area contributed by atoms with E-state index in [1.807, 2.05) is 141 Å². The zero-order valence-electron chi connectivity index (χ0n) is 88.8. The quantitative estimate of drug-likeness (QED) is 0.0210. The smallest absolute Gasteiger partial charge is 0.0700 e. The van der Waals surface area contributed by atoms with E-state index >= 15 is 0 Å². The molecule has 0 radical (unpaired) electrons. The molecule has 0 saturated heterocycles. The van der Waals surface area contributed by atoms with Crippen LogP contribution in [0.1, 0.15) is 210 Å². The molecule has 0 aromatic carbocycles. The summed E-state index contributed by atoms with van der Waals surface area (Å²) in [7, 11) is 0. The molecule has 0 N–H and O–H groups in total. The molecule has 0 aromatic heterocycles. The van der Waals surface area contributed by atoms with Crippen molar-refractivity contribution in [3.05, 3.63) is 0 Å². The molecule has 0 saturated carbocycles. The van der Waals surface area contributed by atoms with Crippen molar-refractivity contribution in [3.8, 4) is 0 Å². The van der Waals surface area contributed by atoms with Gasteiger partial charge in [0.1, 0.15) is 0 Å². The second kappa shape index (κ2) is 128. The first-order chi connectivity index (χ1) is 68.1. The molecule has 0 aliphatic rings. The van der Waals surface area contributed by atoms with Gasteiger partial charge < -0.3 is 47.4 Å². The summed E-state index contributed by atoms with van der Waals surface area (Å²) in [6.45, 7) is 34.0. The summed E-state index contributed by atoms with van der Waals surface area (Å²) in [6.07, 6.45) is 26.4. The fourth-order valence-corrected chi connectivity index (χ4v) is 33.2. The summed E-state index contributed by atoms with van der Waals surface area (Å²) in [6, 6.07) is 0. The molecule has 0 aliphatic heterocycles. The number of hydrogen-bond acceptors (Lipinski definition) is 40. The van der Waals surface area contributed by atoms with E-state index in [1.165, 1.54) is 222 Å². The van der Waals surface area contributed by atoms with Gasteiger partial charge in [0, 0.05) is 196 Å². The molecule has 10 nitrogen and oxygen atoms in total. The van der Waals surface area contributed by atoms with Gasteiger partial charge in [-0.2, -0.15) is 363 Å². The summed E-state index contributed by atoms with van der Waals surface area (Å²) >= 11 is 88.8. The Morgan fingerprint density at radius 3 is 0.586 bits per heavy atom. The molecule has 0 spiro atoms. The fraction of sp³-hybridized carbons (Fsp3) is 1.00. The molecule has 40 heteroatoms. The van der Waals surface area contributed by atoms with Crippen molar-refractivity contribution in [2.45, 2.75) is 264 Å². The Bertz CT molecular complexity index is 2160. The predicted octanol–water partition coefficient (Wildman–Crippen LogP) is 30.4. The van der Waals surface area contributed by atoms with Crippen LogP contribution >= 0.6 is 363 Å². The van der Waals surface area contributed by atoms with E-state index < -0.39 is 0 Å². The van der Waals surface area contributed by atoms with Gasteiger partial charge in [0.25, 0.3) is 0 Å². The Kier molecular flexibility index (Phi) is 142. The zero-order valence-corrected chi connectivity index (χ0v) is 114. The van der Waals surface area contributed by atoms with Crippen LogP contribution in [0.3, 0.4) is 0 Å². The Morgan fingerprint density at radius 2 is 0.364 bits per heavy atom. The van der Waals surface area contributed by atoms with Crippen LogP contribution in [0, 0.1) is 0 Å². The number of ether oxygens (including phenoxy) is 10. The minimum absolute atomic E-state index is 0.000121. The van der Waals surface area contributed by atoms with Crippen LogP contribution < -0.4 is 0 Å². The Balaban J connectivity index is -0.000000900. The van der Waals surface area contributed by atoms with E-state index in [1.54, 1.807) is 0 Å². The van der Waals surface area contributed by atoms with Gasteiger partial charge in [0.05, 0.1) is 102 Å². The number of thioether (sulfide) groups is 18. The molecule has 848 valence electrons. The lowest BCUT2D eigenvalue weighted by Gasteiger charge is -2.34. The highest BCUT2D eigenvalue weighted by Crippen LogP contribution is 2.37. The third kappa shape index (κ3) is 119. The zero-order chi connectivity index (χ0) is 104. The van der Waals surface area contributed by atoms with Crippen LogP contribution in [0.25, 0.3) is 0 Å². The number of hydrogen-bond donors (Lipinski definition) is 12. The lowest BCUT2D eigenvalue weighted by molar-refractivity contribution is -0.0588. The average Bonchev–Trinajstić information content (AvgIpc) is 0.869. The highest BCUT2D eigenvalue weighted by molar-refractivity contribution is 8.07. The second-order valence-corrected chi connectivity index (χ2v) is 63.2. The van der Waals surface area contributed by atoms with E-state index in [2.05, 4.69) is 291 Å². The molecule has 0 bridgehead atoms. The molecular formula is C100H208O10S30. The fourth-order valence-electron chi connectivity index (χ4n) is 13.5. The van der Waals surface area contributed by atoms with Gasteiger partial charge in [-0.05, 0) is 273 Å². The molecule has 0 amide bonds. The first-order valence-corrected chi connectivity index (χ1v) is 79.9. The van der Waals surface area contributed by atoms with Crippen LogP contribution in [0.15, 0.2) is 0 Å². The molecule has 140 heavy (non-hydrogen) atoms.